The van der Waals surface area contributed by atoms with Gasteiger partial charge in [0.15, 0.2) is 0 Å². The fourth-order valence-corrected chi connectivity index (χ4v) is 1.72. The zero-order valence-electron chi connectivity index (χ0n) is 9.24. The molecule has 0 aromatic carbocycles. The molecule has 1 atom stereocenters. The molecular weight excluding hydrogens is 194 g/mol. The van der Waals surface area contributed by atoms with Crippen LogP contribution in [0.3, 0.4) is 0 Å². The summed E-state index contributed by atoms with van der Waals surface area (Å²) in [5.41, 5.74) is 0.245. The molecule has 0 amide bonds. The summed E-state index contributed by atoms with van der Waals surface area (Å²) >= 11 is 0. The van der Waals surface area contributed by atoms with E-state index in [2.05, 4.69) is 11.5 Å². The first kappa shape index (κ1) is 12.2. The van der Waals surface area contributed by atoms with E-state index in [1.807, 2.05) is 6.92 Å². The van der Waals surface area contributed by atoms with Crippen LogP contribution in [0.2, 0.25) is 0 Å². The van der Waals surface area contributed by atoms with Gasteiger partial charge in [-0.05, 0) is 19.4 Å². The molecule has 0 spiro atoms. The smallest absolute Gasteiger partial charge is 0.332 e. The molecule has 0 saturated carbocycles. The van der Waals surface area contributed by atoms with E-state index in [1.54, 1.807) is 0 Å². The monoisotopic (exact) mass is 213 g/mol. The van der Waals surface area contributed by atoms with E-state index in [-0.39, 0.29) is 11.7 Å². The Morgan fingerprint density at radius 3 is 2.87 bits per heavy atom. The average Bonchev–Trinajstić information content (AvgIpc) is 2.69. The van der Waals surface area contributed by atoms with Crippen molar-refractivity contribution in [2.45, 2.75) is 25.9 Å². The number of aliphatic carboxylic acids is 1. The van der Waals surface area contributed by atoms with Crippen molar-refractivity contribution in [2.24, 2.45) is 0 Å². The van der Waals surface area contributed by atoms with Gasteiger partial charge in [0.1, 0.15) is 0 Å². The van der Waals surface area contributed by atoms with E-state index >= 15 is 0 Å². The Labute approximate surface area is 90.5 Å². The molecule has 0 aromatic rings. The van der Waals surface area contributed by atoms with Gasteiger partial charge in [0, 0.05) is 25.3 Å². The third kappa shape index (κ3) is 4.01. The van der Waals surface area contributed by atoms with Gasteiger partial charge in [0.25, 0.3) is 0 Å². The van der Waals surface area contributed by atoms with Gasteiger partial charge in [-0.25, -0.2) is 4.79 Å². The van der Waals surface area contributed by atoms with Gasteiger partial charge in [-0.2, -0.15) is 0 Å². The van der Waals surface area contributed by atoms with Crippen molar-refractivity contribution in [3.63, 3.8) is 0 Å². The van der Waals surface area contributed by atoms with Gasteiger partial charge in [0.05, 0.1) is 6.10 Å². The maximum absolute atomic E-state index is 10.6. The molecule has 0 aromatic heterocycles. The van der Waals surface area contributed by atoms with Crippen molar-refractivity contribution in [3.05, 3.63) is 12.2 Å². The minimum absolute atomic E-state index is 0.245. The van der Waals surface area contributed by atoms with Crippen LogP contribution >= 0.6 is 0 Å². The summed E-state index contributed by atoms with van der Waals surface area (Å²) < 4.78 is 5.51. The second-order valence-corrected chi connectivity index (χ2v) is 3.87. The van der Waals surface area contributed by atoms with Crippen LogP contribution in [0.25, 0.3) is 0 Å². The number of likely N-dealkylation sites (N-methyl/N-ethyl adjacent to an activating group) is 1. The lowest BCUT2D eigenvalue weighted by Crippen LogP contribution is -2.34. The highest BCUT2D eigenvalue weighted by atomic mass is 16.5. The molecule has 1 saturated heterocycles. The van der Waals surface area contributed by atoms with Crippen LogP contribution in [0.5, 0.6) is 0 Å². The van der Waals surface area contributed by atoms with E-state index in [4.69, 9.17) is 9.84 Å². The Kier molecular flexibility index (Phi) is 4.78. The zero-order chi connectivity index (χ0) is 11.3. The number of carbonyl (C=O) groups is 1. The average molecular weight is 213 g/mol. The fourth-order valence-electron chi connectivity index (χ4n) is 1.72. The summed E-state index contributed by atoms with van der Waals surface area (Å²) in [7, 11) is 0. The molecule has 1 heterocycles. The Bertz CT molecular complexity index is 234. The molecule has 86 valence electrons. The van der Waals surface area contributed by atoms with Crippen molar-refractivity contribution in [1.29, 1.82) is 0 Å². The lowest BCUT2D eigenvalue weighted by molar-refractivity contribution is -0.132. The first-order valence-corrected chi connectivity index (χ1v) is 5.38. The SMILES string of the molecule is C=C(CN(CC)CC1CCCO1)C(=O)O. The van der Waals surface area contributed by atoms with E-state index in [0.29, 0.717) is 6.54 Å². The maximum atomic E-state index is 10.6. The Balaban J connectivity index is 2.34. The molecule has 4 nitrogen and oxygen atoms in total. The third-order valence-corrected chi connectivity index (χ3v) is 2.65. The standard InChI is InChI=1S/C11H19NO3/c1-3-12(7-9(2)11(13)14)8-10-5-4-6-15-10/h10H,2-8H2,1H3,(H,13,14). The maximum Gasteiger partial charge on any atom is 0.332 e. The van der Waals surface area contributed by atoms with Crippen molar-refractivity contribution in [2.75, 3.05) is 26.2 Å². The topological polar surface area (TPSA) is 49.8 Å². The van der Waals surface area contributed by atoms with E-state index in [9.17, 15) is 4.79 Å². The van der Waals surface area contributed by atoms with Crippen LogP contribution in [0, 0.1) is 0 Å². The third-order valence-electron chi connectivity index (χ3n) is 2.65. The Morgan fingerprint density at radius 2 is 2.40 bits per heavy atom. The van der Waals surface area contributed by atoms with Crippen molar-refractivity contribution in [3.8, 4) is 0 Å². The summed E-state index contributed by atoms with van der Waals surface area (Å²) in [6.45, 7) is 8.44. The number of nitrogens with zero attached hydrogens (tertiary/aromatic N) is 1. The minimum Gasteiger partial charge on any atom is -0.478 e. The van der Waals surface area contributed by atoms with Crippen molar-refractivity contribution >= 4 is 5.97 Å². The molecule has 1 unspecified atom stereocenters. The lowest BCUT2D eigenvalue weighted by atomic mass is 10.2. The van der Waals surface area contributed by atoms with Crippen molar-refractivity contribution < 1.29 is 14.6 Å². The summed E-state index contributed by atoms with van der Waals surface area (Å²) in [6.07, 6.45) is 2.46. The van der Waals surface area contributed by atoms with Gasteiger partial charge in [-0.3, -0.25) is 4.90 Å². The molecule has 4 heteroatoms. The number of hydrogen-bond donors (Lipinski definition) is 1. The van der Waals surface area contributed by atoms with Gasteiger partial charge in [-0.15, -0.1) is 0 Å². The van der Waals surface area contributed by atoms with Crippen LogP contribution in [-0.4, -0.2) is 48.3 Å². The summed E-state index contributed by atoms with van der Waals surface area (Å²) in [5.74, 6) is -0.916. The molecule has 0 bridgehead atoms. The van der Waals surface area contributed by atoms with Crippen LogP contribution in [0.1, 0.15) is 19.8 Å². The van der Waals surface area contributed by atoms with E-state index in [0.717, 1.165) is 32.5 Å². The molecule has 1 N–H and O–H groups in total. The largest absolute Gasteiger partial charge is 0.478 e. The highest BCUT2D eigenvalue weighted by Gasteiger charge is 2.19. The summed E-state index contributed by atoms with van der Waals surface area (Å²) in [4.78, 5) is 12.7. The first-order valence-electron chi connectivity index (χ1n) is 5.38. The van der Waals surface area contributed by atoms with Crippen LogP contribution in [0.4, 0.5) is 0 Å². The predicted molar refractivity (Wildman–Crippen MR) is 57.9 cm³/mol. The van der Waals surface area contributed by atoms with Crippen LogP contribution in [-0.2, 0) is 9.53 Å². The van der Waals surface area contributed by atoms with E-state index in [1.165, 1.54) is 0 Å². The number of ether oxygens (including phenoxy) is 1. The first-order chi connectivity index (χ1) is 7.13. The summed E-state index contributed by atoms with van der Waals surface area (Å²) in [5, 5.41) is 8.73. The van der Waals surface area contributed by atoms with Gasteiger partial charge < -0.3 is 9.84 Å². The number of carboxylic acids is 1. The van der Waals surface area contributed by atoms with Gasteiger partial charge in [-0.1, -0.05) is 13.5 Å². The Morgan fingerprint density at radius 1 is 1.67 bits per heavy atom. The number of hydrogen-bond acceptors (Lipinski definition) is 3. The van der Waals surface area contributed by atoms with E-state index < -0.39 is 5.97 Å². The van der Waals surface area contributed by atoms with Crippen LogP contribution in [0.15, 0.2) is 12.2 Å². The van der Waals surface area contributed by atoms with Gasteiger partial charge >= 0.3 is 5.97 Å². The fraction of sp³-hybridized carbons (Fsp3) is 0.727. The second-order valence-electron chi connectivity index (χ2n) is 3.87. The molecule has 1 fully saturated rings. The number of carboxylic acid groups (broad SMARTS) is 1. The van der Waals surface area contributed by atoms with Crippen molar-refractivity contribution in [1.82, 2.24) is 4.90 Å². The molecular formula is C11H19NO3. The Hall–Kier alpha value is -0.870. The highest BCUT2D eigenvalue weighted by molar-refractivity contribution is 5.86. The number of rotatable bonds is 6. The molecule has 1 rings (SSSR count). The molecule has 0 radical (unpaired) electrons. The quantitative estimate of drug-likeness (QED) is 0.672. The normalized spacial score (nSPS) is 20.8. The molecule has 1 aliphatic heterocycles. The highest BCUT2D eigenvalue weighted by Crippen LogP contribution is 2.13. The zero-order valence-corrected chi connectivity index (χ0v) is 9.24. The molecule has 15 heavy (non-hydrogen) atoms. The summed E-state index contributed by atoms with van der Waals surface area (Å²) in [6, 6.07) is 0. The minimum atomic E-state index is -0.916. The molecule has 0 aliphatic carbocycles. The predicted octanol–water partition coefficient (Wildman–Crippen LogP) is 1.13. The van der Waals surface area contributed by atoms with Gasteiger partial charge in [0.2, 0.25) is 0 Å². The second kappa shape index (κ2) is 5.88. The van der Waals surface area contributed by atoms with Crippen LogP contribution < -0.4 is 0 Å². The molecule has 1 aliphatic rings. The lowest BCUT2D eigenvalue weighted by Gasteiger charge is -2.23.